The number of rotatable bonds is 16. The van der Waals surface area contributed by atoms with Crippen LogP contribution in [-0.4, -0.2) is 22.7 Å². The highest BCUT2D eigenvalue weighted by Gasteiger charge is 2.46. The maximum atomic E-state index is 5.68. The van der Waals surface area contributed by atoms with Crippen molar-refractivity contribution in [1.29, 1.82) is 0 Å². The average Bonchev–Trinajstić information content (AvgIpc) is 3.30. The molecule has 0 radical (unpaired) electrons. The van der Waals surface area contributed by atoms with Crippen molar-refractivity contribution in [3.05, 3.63) is 46.6 Å². The largest absolute Gasteiger partial charge is 0.367 e. The average molecular weight is 447 g/mol. The molecule has 2 unspecified atom stereocenters. The van der Waals surface area contributed by atoms with Crippen LogP contribution in [0.3, 0.4) is 0 Å². The molecule has 1 aliphatic rings. The summed E-state index contributed by atoms with van der Waals surface area (Å²) in [5.74, 6) is 1.25. The molecule has 0 aromatic heterocycles. The molecule has 1 nitrogen and oxygen atoms in total. The number of hydrogen-bond acceptors (Lipinski definition) is 2. The number of epoxide rings is 1. The van der Waals surface area contributed by atoms with Gasteiger partial charge in [0.15, 0.2) is 0 Å². The van der Waals surface area contributed by atoms with E-state index in [4.69, 9.17) is 4.74 Å². The molecule has 0 spiro atoms. The van der Waals surface area contributed by atoms with Gasteiger partial charge in [0, 0.05) is 5.25 Å². The van der Waals surface area contributed by atoms with Gasteiger partial charge >= 0.3 is 0 Å². The highest BCUT2D eigenvalue weighted by atomic mass is 32.2. The molecule has 178 valence electrons. The molecule has 0 bridgehead atoms. The van der Waals surface area contributed by atoms with Crippen LogP contribution >= 0.6 is 11.8 Å². The molecule has 1 rings (SSSR count). The molecular formula is C29H50OS. The van der Waals surface area contributed by atoms with Gasteiger partial charge in [0.2, 0.25) is 0 Å². The Balaban J connectivity index is 2.07. The van der Waals surface area contributed by atoms with Gasteiger partial charge in [-0.05, 0) is 112 Å². The highest BCUT2D eigenvalue weighted by Crippen LogP contribution is 2.39. The van der Waals surface area contributed by atoms with Gasteiger partial charge in [-0.2, -0.15) is 11.8 Å². The SMILES string of the molecule is CC(C)=CC/C=C(\C)CCC/C(C)=C/CCSC(C)CC/C=C(\C)CCC1OC1(C)C. The molecule has 1 aliphatic heterocycles. The monoisotopic (exact) mass is 446 g/mol. The molecule has 1 heterocycles. The fraction of sp³-hybridized carbons (Fsp3) is 0.724. The second kappa shape index (κ2) is 15.2. The van der Waals surface area contributed by atoms with Crippen molar-refractivity contribution in [2.45, 2.75) is 130 Å². The summed E-state index contributed by atoms with van der Waals surface area (Å²) >= 11 is 2.13. The Morgan fingerprint density at radius 1 is 0.871 bits per heavy atom. The van der Waals surface area contributed by atoms with E-state index in [1.165, 1.54) is 73.8 Å². The Morgan fingerprint density at radius 3 is 2.06 bits per heavy atom. The van der Waals surface area contributed by atoms with Crippen LogP contribution in [0.15, 0.2) is 46.6 Å². The topological polar surface area (TPSA) is 12.5 Å². The summed E-state index contributed by atoms with van der Waals surface area (Å²) in [5, 5.41) is 0.747. The molecule has 31 heavy (non-hydrogen) atoms. The fourth-order valence-electron chi connectivity index (χ4n) is 3.77. The summed E-state index contributed by atoms with van der Waals surface area (Å²) in [6.45, 7) is 18.0. The van der Waals surface area contributed by atoms with E-state index in [1.807, 2.05) is 0 Å². The Morgan fingerprint density at radius 2 is 1.45 bits per heavy atom. The van der Waals surface area contributed by atoms with Crippen LogP contribution in [0.4, 0.5) is 0 Å². The Hall–Kier alpha value is -0.730. The zero-order valence-electron chi connectivity index (χ0n) is 21.9. The maximum absolute atomic E-state index is 5.68. The van der Waals surface area contributed by atoms with Crippen molar-refractivity contribution in [2.24, 2.45) is 0 Å². The van der Waals surface area contributed by atoms with Crippen molar-refractivity contribution >= 4 is 11.8 Å². The van der Waals surface area contributed by atoms with Crippen LogP contribution in [-0.2, 0) is 4.74 Å². The first-order valence-electron chi connectivity index (χ1n) is 12.5. The second-order valence-corrected chi connectivity index (χ2v) is 11.9. The third-order valence-corrected chi connectivity index (χ3v) is 7.45. The van der Waals surface area contributed by atoms with Gasteiger partial charge < -0.3 is 4.74 Å². The van der Waals surface area contributed by atoms with Crippen LogP contribution in [0.5, 0.6) is 0 Å². The van der Waals surface area contributed by atoms with E-state index in [-0.39, 0.29) is 5.60 Å². The zero-order valence-corrected chi connectivity index (χ0v) is 22.7. The summed E-state index contributed by atoms with van der Waals surface area (Å²) < 4.78 is 5.68. The van der Waals surface area contributed by atoms with Gasteiger partial charge in [-0.25, -0.2) is 0 Å². The number of allylic oxidation sites excluding steroid dienone is 8. The lowest BCUT2D eigenvalue weighted by Gasteiger charge is -2.10. The minimum absolute atomic E-state index is 0.138. The molecular weight excluding hydrogens is 396 g/mol. The lowest BCUT2D eigenvalue weighted by Crippen LogP contribution is -2.02. The van der Waals surface area contributed by atoms with Crippen molar-refractivity contribution in [3.63, 3.8) is 0 Å². The summed E-state index contributed by atoms with van der Waals surface area (Å²) in [6, 6.07) is 0. The van der Waals surface area contributed by atoms with E-state index in [2.05, 4.69) is 91.5 Å². The summed E-state index contributed by atoms with van der Waals surface area (Å²) in [4.78, 5) is 0. The van der Waals surface area contributed by atoms with E-state index in [1.54, 1.807) is 5.57 Å². The summed E-state index contributed by atoms with van der Waals surface area (Å²) in [7, 11) is 0. The van der Waals surface area contributed by atoms with Gasteiger partial charge in [0.05, 0.1) is 11.7 Å². The van der Waals surface area contributed by atoms with Crippen LogP contribution in [0, 0.1) is 0 Å². The lowest BCUT2D eigenvalue weighted by atomic mass is 10.0. The maximum Gasteiger partial charge on any atom is 0.0892 e. The van der Waals surface area contributed by atoms with E-state index >= 15 is 0 Å². The molecule has 2 atom stereocenters. The van der Waals surface area contributed by atoms with Crippen LogP contribution in [0.2, 0.25) is 0 Å². The summed E-state index contributed by atoms with van der Waals surface area (Å²) in [5.41, 5.74) is 6.17. The van der Waals surface area contributed by atoms with E-state index in [9.17, 15) is 0 Å². The smallest absolute Gasteiger partial charge is 0.0892 e. The Labute approximate surface area is 198 Å². The van der Waals surface area contributed by atoms with E-state index in [0.717, 1.165) is 11.7 Å². The van der Waals surface area contributed by atoms with Crippen LogP contribution in [0.1, 0.15) is 113 Å². The van der Waals surface area contributed by atoms with Crippen molar-refractivity contribution in [3.8, 4) is 0 Å². The van der Waals surface area contributed by atoms with E-state index < -0.39 is 0 Å². The molecule has 0 aromatic rings. The van der Waals surface area contributed by atoms with Gasteiger partial charge in [0.25, 0.3) is 0 Å². The minimum atomic E-state index is 0.138. The lowest BCUT2D eigenvalue weighted by molar-refractivity contribution is 0.320. The first-order valence-corrected chi connectivity index (χ1v) is 13.5. The predicted octanol–water partition coefficient (Wildman–Crippen LogP) is 9.60. The number of thioether (sulfide) groups is 1. The standard InChI is InChI=1S/C29H50OS/c1-23(2)13-9-14-24(3)15-10-16-25(4)18-12-22-31-27(6)19-11-17-26(5)20-21-28-29(7,8)30-28/h13-14,17-18,27-28H,9-12,15-16,19-22H2,1-8H3/b24-14+,25-18+,26-17+. The van der Waals surface area contributed by atoms with E-state index in [0.29, 0.717) is 6.10 Å². The minimum Gasteiger partial charge on any atom is -0.367 e. The Kier molecular flexibility index (Phi) is 13.8. The molecule has 2 heteroatoms. The second-order valence-electron chi connectivity index (χ2n) is 10.3. The van der Waals surface area contributed by atoms with Crippen molar-refractivity contribution in [1.82, 2.24) is 0 Å². The van der Waals surface area contributed by atoms with Gasteiger partial charge in [-0.15, -0.1) is 0 Å². The molecule has 1 saturated heterocycles. The van der Waals surface area contributed by atoms with Gasteiger partial charge in [-0.3, -0.25) is 0 Å². The molecule has 0 amide bonds. The molecule has 0 aliphatic carbocycles. The van der Waals surface area contributed by atoms with Crippen molar-refractivity contribution < 1.29 is 4.74 Å². The highest BCUT2D eigenvalue weighted by molar-refractivity contribution is 7.99. The molecule has 0 saturated carbocycles. The van der Waals surface area contributed by atoms with Crippen molar-refractivity contribution in [2.75, 3.05) is 5.75 Å². The van der Waals surface area contributed by atoms with Gasteiger partial charge in [-0.1, -0.05) is 53.5 Å². The number of hydrogen-bond donors (Lipinski definition) is 0. The zero-order chi connectivity index (χ0) is 23.3. The molecule has 0 aromatic carbocycles. The van der Waals surface area contributed by atoms with Gasteiger partial charge in [0.1, 0.15) is 0 Å². The first-order chi connectivity index (χ1) is 14.6. The summed E-state index contributed by atoms with van der Waals surface area (Å²) in [6.07, 6.45) is 21.0. The molecule has 0 N–H and O–H groups in total. The third-order valence-electron chi connectivity index (χ3n) is 6.18. The molecule has 1 fully saturated rings. The fourth-order valence-corrected chi connectivity index (χ4v) is 4.73. The normalized spacial score (nSPS) is 20.0. The third kappa shape index (κ3) is 14.9. The first kappa shape index (κ1) is 28.3. The predicted molar refractivity (Wildman–Crippen MR) is 143 cm³/mol. The van der Waals surface area contributed by atoms with Crippen LogP contribution in [0.25, 0.3) is 0 Å². The Bertz CT molecular complexity index is 631. The quantitative estimate of drug-likeness (QED) is 0.133. The number of ether oxygens (including phenoxy) is 1. The van der Waals surface area contributed by atoms with Crippen LogP contribution < -0.4 is 0 Å².